The third kappa shape index (κ3) is 3.82. The van der Waals surface area contributed by atoms with Crippen molar-refractivity contribution in [1.29, 1.82) is 0 Å². The van der Waals surface area contributed by atoms with Crippen LogP contribution < -0.4 is 5.32 Å². The van der Waals surface area contributed by atoms with E-state index < -0.39 is 0 Å². The fourth-order valence-corrected chi connectivity index (χ4v) is 3.83. The van der Waals surface area contributed by atoms with Gasteiger partial charge in [-0.1, -0.05) is 32.9 Å². The van der Waals surface area contributed by atoms with Gasteiger partial charge in [0, 0.05) is 10.5 Å². The molecule has 2 nitrogen and oxygen atoms in total. The number of benzene rings is 1. The Morgan fingerprint density at radius 1 is 1.32 bits per heavy atom. The summed E-state index contributed by atoms with van der Waals surface area (Å²) in [6, 6.07) is 7.87. The van der Waals surface area contributed by atoms with Crippen molar-refractivity contribution in [3.63, 3.8) is 0 Å². The molecular formula is C16H22BrNO. The predicted molar refractivity (Wildman–Crippen MR) is 82.2 cm³/mol. The molecular weight excluding hydrogens is 302 g/mol. The molecule has 0 unspecified atom stereocenters. The van der Waals surface area contributed by atoms with E-state index >= 15 is 0 Å². The van der Waals surface area contributed by atoms with Crippen LogP contribution in [0.1, 0.15) is 50.4 Å². The Morgan fingerprint density at radius 3 is 2.63 bits per heavy atom. The first-order chi connectivity index (χ1) is 8.87. The normalized spacial score (nSPS) is 25.9. The minimum atomic E-state index is 0.0300. The van der Waals surface area contributed by atoms with Gasteiger partial charge in [0.1, 0.15) is 0 Å². The van der Waals surface area contributed by atoms with E-state index in [0.29, 0.717) is 17.4 Å². The molecule has 0 radical (unpaired) electrons. The van der Waals surface area contributed by atoms with Crippen LogP contribution in [-0.2, 0) is 0 Å². The highest BCUT2D eigenvalue weighted by atomic mass is 79.9. The first-order valence-corrected chi connectivity index (χ1v) is 7.72. The fraction of sp³-hybridized carbons (Fsp3) is 0.562. The minimum absolute atomic E-state index is 0.0300. The lowest BCUT2D eigenvalue weighted by molar-refractivity contribution is 0.0873. The van der Waals surface area contributed by atoms with E-state index in [0.717, 1.165) is 22.9 Å². The van der Waals surface area contributed by atoms with E-state index in [1.807, 2.05) is 24.3 Å². The zero-order valence-corrected chi connectivity index (χ0v) is 13.5. The molecule has 3 heteroatoms. The summed E-state index contributed by atoms with van der Waals surface area (Å²) >= 11 is 3.44. The Bertz CT molecular complexity index is 470. The second kappa shape index (κ2) is 5.66. The van der Waals surface area contributed by atoms with Gasteiger partial charge >= 0.3 is 0 Å². The van der Waals surface area contributed by atoms with Crippen LogP contribution in [0.3, 0.4) is 0 Å². The predicted octanol–water partition coefficient (Wildman–Crippen LogP) is 4.39. The van der Waals surface area contributed by atoms with Crippen LogP contribution in [-0.4, -0.2) is 11.9 Å². The number of rotatable bonds is 2. The average Bonchev–Trinajstić information content (AvgIpc) is 2.26. The maximum absolute atomic E-state index is 12.3. The number of carbonyl (C=O) groups excluding carboxylic acids is 1. The highest BCUT2D eigenvalue weighted by molar-refractivity contribution is 9.10. The van der Waals surface area contributed by atoms with Gasteiger partial charge in [0.05, 0.1) is 5.56 Å². The van der Waals surface area contributed by atoms with E-state index in [1.165, 1.54) is 6.42 Å². The fourth-order valence-electron chi connectivity index (χ4n) is 3.36. The molecule has 0 spiro atoms. The van der Waals surface area contributed by atoms with Gasteiger partial charge in [-0.3, -0.25) is 4.79 Å². The molecule has 0 saturated heterocycles. The lowest BCUT2D eigenvalue weighted by atomic mass is 9.70. The van der Waals surface area contributed by atoms with Crippen molar-refractivity contribution >= 4 is 21.8 Å². The van der Waals surface area contributed by atoms with Crippen LogP contribution in [0, 0.1) is 11.3 Å². The lowest BCUT2D eigenvalue weighted by Crippen LogP contribution is -2.43. The molecule has 2 rings (SSSR count). The summed E-state index contributed by atoms with van der Waals surface area (Å²) in [5.74, 6) is 0.704. The van der Waals surface area contributed by atoms with Crippen molar-refractivity contribution in [2.45, 2.75) is 46.1 Å². The van der Waals surface area contributed by atoms with Crippen molar-refractivity contribution in [1.82, 2.24) is 5.32 Å². The van der Waals surface area contributed by atoms with Gasteiger partial charge in [-0.05, 0) is 58.7 Å². The first kappa shape index (κ1) is 14.6. The molecule has 0 aromatic heterocycles. The van der Waals surface area contributed by atoms with Crippen LogP contribution in [0.2, 0.25) is 0 Å². The van der Waals surface area contributed by atoms with Crippen LogP contribution >= 0.6 is 15.9 Å². The minimum Gasteiger partial charge on any atom is -0.349 e. The van der Waals surface area contributed by atoms with E-state index in [2.05, 4.69) is 42.0 Å². The van der Waals surface area contributed by atoms with E-state index in [4.69, 9.17) is 0 Å². The smallest absolute Gasteiger partial charge is 0.252 e. The molecule has 1 aliphatic carbocycles. The Morgan fingerprint density at radius 2 is 2.00 bits per heavy atom. The molecule has 1 fully saturated rings. The topological polar surface area (TPSA) is 29.1 Å². The number of hydrogen-bond acceptors (Lipinski definition) is 1. The molecule has 0 bridgehead atoms. The van der Waals surface area contributed by atoms with E-state index in [1.54, 1.807) is 0 Å². The molecule has 19 heavy (non-hydrogen) atoms. The summed E-state index contributed by atoms with van der Waals surface area (Å²) in [6.07, 6.45) is 3.39. The van der Waals surface area contributed by atoms with Gasteiger partial charge in [-0.15, -0.1) is 0 Å². The quantitative estimate of drug-likeness (QED) is 0.859. The van der Waals surface area contributed by atoms with E-state index in [9.17, 15) is 4.79 Å². The maximum Gasteiger partial charge on any atom is 0.252 e. The number of carbonyl (C=O) groups is 1. The van der Waals surface area contributed by atoms with Gasteiger partial charge in [0.25, 0.3) is 5.91 Å². The zero-order chi connectivity index (χ0) is 14.0. The van der Waals surface area contributed by atoms with Crippen molar-refractivity contribution in [2.75, 3.05) is 0 Å². The number of amides is 1. The molecule has 0 heterocycles. The summed E-state index contributed by atoms with van der Waals surface area (Å²) in [7, 11) is 0. The van der Waals surface area contributed by atoms with Crippen LogP contribution in [0.5, 0.6) is 0 Å². The summed E-state index contributed by atoms with van der Waals surface area (Å²) < 4.78 is 0.857. The molecule has 1 aliphatic rings. The summed E-state index contributed by atoms with van der Waals surface area (Å²) in [6.45, 7) is 6.86. The largest absolute Gasteiger partial charge is 0.349 e. The Labute approximate surface area is 124 Å². The SMILES string of the molecule is C[C@H]1C[C@@H](NC(=O)c2ccccc2Br)CC(C)(C)C1. The summed E-state index contributed by atoms with van der Waals surface area (Å²) in [5, 5.41) is 3.19. The van der Waals surface area contributed by atoms with Crippen LogP contribution in [0.4, 0.5) is 0 Å². The second-order valence-corrected chi connectivity index (χ2v) is 7.42. The van der Waals surface area contributed by atoms with Gasteiger partial charge < -0.3 is 5.32 Å². The van der Waals surface area contributed by atoms with Crippen molar-refractivity contribution in [3.8, 4) is 0 Å². The third-order valence-corrected chi connectivity index (χ3v) is 4.53. The maximum atomic E-state index is 12.3. The first-order valence-electron chi connectivity index (χ1n) is 6.93. The van der Waals surface area contributed by atoms with Crippen molar-refractivity contribution in [3.05, 3.63) is 34.3 Å². The molecule has 2 atom stereocenters. The van der Waals surface area contributed by atoms with Crippen molar-refractivity contribution in [2.24, 2.45) is 11.3 Å². The van der Waals surface area contributed by atoms with Gasteiger partial charge in [0.2, 0.25) is 0 Å². The zero-order valence-electron chi connectivity index (χ0n) is 11.9. The molecule has 1 aromatic carbocycles. The van der Waals surface area contributed by atoms with Crippen LogP contribution in [0.15, 0.2) is 28.7 Å². The highest BCUT2D eigenvalue weighted by Gasteiger charge is 2.32. The highest BCUT2D eigenvalue weighted by Crippen LogP contribution is 2.38. The average molecular weight is 324 g/mol. The number of nitrogens with one attached hydrogen (secondary N) is 1. The van der Waals surface area contributed by atoms with Gasteiger partial charge in [0.15, 0.2) is 0 Å². The van der Waals surface area contributed by atoms with Gasteiger partial charge in [-0.25, -0.2) is 0 Å². The Hall–Kier alpha value is -0.830. The van der Waals surface area contributed by atoms with Gasteiger partial charge in [-0.2, -0.15) is 0 Å². The molecule has 0 aliphatic heterocycles. The molecule has 1 N–H and O–H groups in total. The summed E-state index contributed by atoms with van der Waals surface area (Å²) in [5.41, 5.74) is 1.04. The molecule has 1 amide bonds. The van der Waals surface area contributed by atoms with Crippen LogP contribution in [0.25, 0.3) is 0 Å². The third-order valence-electron chi connectivity index (χ3n) is 3.84. The Kier molecular flexibility index (Phi) is 4.34. The summed E-state index contributed by atoms with van der Waals surface area (Å²) in [4.78, 5) is 12.3. The monoisotopic (exact) mass is 323 g/mol. The molecule has 1 aromatic rings. The van der Waals surface area contributed by atoms with E-state index in [-0.39, 0.29) is 5.91 Å². The molecule has 104 valence electrons. The Balaban J connectivity index is 2.05. The standard InChI is InChI=1S/C16H22BrNO/c1-11-8-12(10-16(2,3)9-11)18-15(19)13-6-4-5-7-14(13)17/h4-7,11-12H,8-10H2,1-3H3,(H,18,19)/t11-,12+/m0/s1. The lowest BCUT2D eigenvalue weighted by Gasteiger charge is -2.39. The number of hydrogen-bond donors (Lipinski definition) is 1. The molecule has 1 saturated carbocycles. The van der Waals surface area contributed by atoms with Crippen molar-refractivity contribution < 1.29 is 4.79 Å². The number of halogens is 1. The second-order valence-electron chi connectivity index (χ2n) is 6.56.